The number of aromatic nitrogens is 1. The van der Waals surface area contributed by atoms with Crippen molar-refractivity contribution in [2.75, 3.05) is 19.7 Å². The second kappa shape index (κ2) is 15.9. The third-order valence-corrected chi connectivity index (χ3v) is 7.53. The molecule has 0 spiro atoms. The van der Waals surface area contributed by atoms with Crippen molar-refractivity contribution in [1.29, 1.82) is 0 Å². The van der Waals surface area contributed by atoms with Gasteiger partial charge in [0.2, 0.25) is 17.7 Å². The van der Waals surface area contributed by atoms with Crippen LogP contribution in [-0.2, 0) is 30.3 Å². The van der Waals surface area contributed by atoms with E-state index in [2.05, 4.69) is 21.1 Å². The smallest absolute Gasteiger partial charge is 0.274 e. The van der Waals surface area contributed by atoms with Gasteiger partial charge in [0, 0.05) is 38.6 Å². The summed E-state index contributed by atoms with van der Waals surface area (Å²) < 4.78 is 24.5. The molecule has 0 aliphatic carbocycles. The molecule has 2 aliphatic heterocycles. The minimum atomic E-state index is -1.18. The Bertz CT molecular complexity index is 1350. The Morgan fingerprint density at radius 1 is 1.14 bits per heavy atom. The number of nitrogens with one attached hydrogen (secondary N) is 3. The molecular formula is C31H38FN5O7. The van der Waals surface area contributed by atoms with Crippen molar-refractivity contribution in [3.63, 3.8) is 0 Å². The highest BCUT2D eigenvalue weighted by Gasteiger charge is 2.30. The van der Waals surface area contributed by atoms with Crippen LogP contribution in [0.5, 0.6) is 0 Å². The molecule has 0 radical (unpaired) electrons. The summed E-state index contributed by atoms with van der Waals surface area (Å²) in [5.41, 5.74) is 0.556. The van der Waals surface area contributed by atoms with Gasteiger partial charge in [0.05, 0.1) is 12.1 Å². The molecule has 0 saturated carbocycles. The van der Waals surface area contributed by atoms with E-state index in [9.17, 15) is 28.4 Å². The van der Waals surface area contributed by atoms with Crippen molar-refractivity contribution in [2.45, 2.75) is 76.1 Å². The third kappa shape index (κ3) is 9.56. The minimum Gasteiger partial charge on any atom is -0.376 e. The summed E-state index contributed by atoms with van der Waals surface area (Å²) >= 11 is 0. The van der Waals surface area contributed by atoms with Crippen molar-refractivity contribution >= 4 is 29.9 Å². The largest absolute Gasteiger partial charge is 0.376 e. The lowest BCUT2D eigenvalue weighted by Gasteiger charge is -2.24. The fourth-order valence-electron chi connectivity index (χ4n) is 5.06. The molecule has 4 amide bonds. The van der Waals surface area contributed by atoms with Gasteiger partial charge in [-0.05, 0) is 56.7 Å². The highest BCUT2D eigenvalue weighted by atomic mass is 19.1. The Labute approximate surface area is 254 Å². The number of aldehydes is 1. The molecule has 236 valence electrons. The lowest BCUT2D eigenvalue weighted by atomic mass is 10.0. The number of amides is 4. The first-order valence-corrected chi connectivity index (χ1v) is 14.8. The summed E-state index contributed by atoms with van der Waals surface area (Å²) in [5, 5.41) is 11.7. The first-order valence-electron chi connectivity index (χ1n) is 14.8. The molecule has 13 heteroatoms. The average Bonchev–Trinajstić information content (AvgIpc) is 3.67. The Morgan fingerprint density at radius 3 is 2.66 bits per heavy atom. The van der Waals surface area contributed by atoms with Crippen LogP contribution in [0.1, 0.15) is 60.3 Å². The maximum absolute atomic E-state index is 13.6. The molecule has 1 saturated heterocycles. The number of benzene rings is 1. The topological polar surface area (TPSA) is 160 Å². The van der Waals surface area contributed by atoms with Gasteiger partial charge < -0.3 is 34.9 Å². The van der Waals surface area contributed by atoms with Gasteiger partial charge in [-0.3, -0.25) is 19.2 Å². The third-order valence-electron chi connectivity index (χ3n) is 7.53. The van der Waals surface area contributed by atoms with E-state index in [1.165, 1.54) is 30.3 Å². The molecule has 2 bridgehead atoms. The van der Waals surface area contributed by atoms with Crippen molar-refractivity contribution in [3.8, 4) is 0 Å². The van der Waals surface area contributed by atoms with Crippen LogP contribution in [-0.4, -0.2) is 83.9 Å². The number of rotatable bonds is 5. The van der Waals surface area contributed by atoms with Crippen LogP contribution in [0.4, 0.5) is 4.39 Å². The van der Waals surface area contributed by atoms with Gasteiger partial charge in [0.25, 0.3) is 5.91 Å². The quantitative estimate of drug-likeness (QED) is 0.341. The minimum absolute atomic E-state index is 0.00248. The number of allylic oxidation sites excluding steroid dienone is 1. The molecule has 0 unspecified atom stereocenters. The Balaban J connectivity index is 1.56. The lowest BCUT2D eigenvalue weighted by Crippen LogP contribution is -2.55. The van der Waals surface area contributed by atoms with Crippen LogP contribution in [0.3, 0.4) is 0 Å². The summed E-state index contributed by atoms with van der Waals surface area (Å²) in [6.45, 7) is 3.18. The predicted molar refractivity (Wildman–Crippen MR) is 156 cm³/mol. The van der Waals surface area contributed by atoms with E-state index in [1.807, 2.05) is 6.08 Å². The summed E-state index contributed by atoms with van der Waals surface area (Å²) in [4.78, 5) is 66.2. The number of aryl methyl sites for hydroxylation is 1. The van der Waals surface area contributed by atoms with E-state index >= 15 is 0 Å². The summed E-state index contributed by atoms with van der Waals surface area (Å²) in [7, 11) is 0. The van der Waals surface area contributed by atoms with Crippen LogP contribution in [0, 0.1) is 12.7 Å². The highest BCUT2D eigenvalue weighted by Crippen LogP contribution is 2.16. The van der Waals surface area contributed by atoms with E-state index in [1.54, 1.807) is 17.9 Å². The molecule has 3 heterocycles. The van der Waals surface area contributed by atoms with Crippen LogP contribution >= 0.6 is 0 Å². The molecule has 12 nitrogen and oxygen atoms in total. The van der Waals surface area contributed by atoms with Gasteiger partial charge in [0.1, 0.15) is 29.9 Å². The average molecular weight is 612 g/mol. The lowest BCUT2D eigenvalue weighted by molar-refractivity contribution is -0.132. The number of ether oxygens (including phenoxy) is 1. The molecule has 4 atom stereocenters. The maximum Gasteiger partial charge on any atom is 0.274 e. The SMILES string of the molecule is Cc1cc(C(=O)N[C@H]2C/C=C/CCCO[C@H]3CCN(C3)C(=O)CC[C@@H](C=O)NC(=O)[C@H](Cc3ccc(F)cc3)NC2=O)no1. The van der Waals surface area contributed by atoms with E-state index in [0.717, 1.165) is 12.8 Å². The first-order chi connectivity index (χ1) is 21.2. The van der Waals surface area contributed by atoms with Gasteiger partial charge in [-0.1, -0.05) is 29.4 Å². The highest BCUT2D eigenvalue weighted by molar-refractivity contribution is 5.97. The normalized spacial score (nSPS) is 25.0. The predicted octanol–water partition coefficient (Wildman–Crippen LogP) is 1.77. The first kappa shape index (κ1) is 32.5. The molecule has 2 aliphatic rings. The van der Waals surface area contributed by atoms with Crippen LogP contribution < -0.4 is 16.0 Å². The number of carbonyl (C=O) groups is 5. The molecule has 4 rings (SSSR count). The van der Waals surface area contributed by atoms with E-state index in [0.29, 0.717) is 43.7 Å². The summed E-state index contributed by atoms with van der Waals surface area (Å²) in [6.07, 6.45) is 6.49. The van der Waals surface area contributed by atoms with Crippen LogP contribution in [0.15, 0.2) is 47.0 Å². The molecule has 1 aromatic heterocycles. The van der Waals surface area contributed by atoms with E-state index in [-0.39, 0.29) is 43.4 Å². The molecule has 44 heavy (non-hydrogen) atoms. The number of hydrogen-bond donors (Lipinski definition) is 3. The number of hydrogen-bond acceptors (Lipinski definition) is 8. The summed E-state index contributed by atoms with van der Waals surface area (Å²) in [6, 6.07) is 3.66. The maximum atomic E-state index is 13.6. The Hall–Kier alpha value is -4.39. The van der Waals surface area contributed by atoms with Crippen molar-refractivity contribution in [1.82, 2.24) is 26.0 Å². The molecule has 1 fully saturated rings. The van der Waals surface area contributed by atoms with Crippen LogP contribution in [0.25, 0.3) is 0 Å². The second-order valence-electron chi connectivity index (χ2n) is 11.0. The summed E-state index contributed by atoms with van der Waals surface area (Å²) in [5.74, 6) is -2.11. The van der Waals surface area contributed by atoms with Crippen molar-refractivity contribution < 1.29 is 37.6 Å². The Kier molecular flexibility index (Phi) is 11.8. The standard InChI is InChI=1S/C31H38FN5O7/c1-20-16-27(36-44-20)31(42)34-25-6-4-2-3-5-15-43-24-13-14-37(18-24)28(39)12-11-23(19-38)33-30(41)26(35-29(25)40)17-21-7-9-22(32)10-8-21/h2,4,7-10,16,19,23-26H,3,5-6,11-15,17-18H2,1H3,(H,33,41)(H,34,42)(H,35,40)/b4-2+/t23-,24-,25-,26-/m0/s1. The van der Waals surface area contributed by atoms with Gasteiger partial charge >= 0.3 is 0 Å². The van der Waals surface area contributed by atoms with Gasteiger partial charge in [0.15, 0.2) is 5.69 Å². The van der Waals surface area contributed by atoms with E-state index < -0.39 is 41.7 Å². The molecular weight excluding hydrogens is 573 g/mol. The Morgan fingerprint density at radius 2 is 1.93 bits per heavy atom. The monoisotopic (exact) mass is 611 g/mol. The fraction of sp³-hybridized carbons (Fsp3) is 0.484. The zero-order valence-corrected chi connectivity index (χ0v) is 24.6. The number of nitrogens with zero attached hydrogens (tertiary/aromatic N) is 2. The number of halogens is 1. The molecule has 1 aromatic carbocycles. The van der Waals surface area contributed by atoms with Gasteiger partial charge in [-0.15, -0.1) is 0 Å². The number of fused-ring (bicyclic) bond motifs is 2. The van der Waals surface area contributed by atoms with Crippen molar-refractivity contribution in [2.24, 2.45) is 0 Å². The zero-order valence-electron chi connectivity index (χ0n) is 24.6. The van der Waals surface area contributed by atoms with Crippen molar-refractivity contribution in [3.05, 3.63) is 65.3 Å². The van der Waals surface area contributed by atoms with Gasteiger partial charge in [-0.25, -0.2) is 4.39 Å². The zero-order chi connectivity index (χ0) is 31.5. The number of carbonyl (C=O) groups excluding carboxylic acids is 5. The van der Waals surface area contributed by atoms with E-state index in [4.69, 9.17) is 9.26 Å². The van der Waals surface area contributed by atoms with Crippen LogP contribution in [0.2, 0.25) is 0 Å². The molecule has 2 aromatic rings. The van der Waals surface area contributed by atoms with Gasteiger partial charge in [-0.2, -0.15) is 0 Å². The fourth-order valence-corrected chi connectivity index (χ4v) is 5.06. The molecule has 3 N–H and O–H groups in total. The second-order valence-corrected chi connectivity index (χ2v) is 11.0.